The lowest BCUT2D eigenvalue weighted by Gasteiger charge is -2.20. The molecule has 0 saturated heterocycles. The first-order chi connectivity index (χ1) is 7.38. The van der Waals surface area contributed by atoms with Gasteiger partial charge >= 0.3 is 4.83 Å². The van der Waals surface area contributed by atoms with Gasteiger partial charge in [0.1, 0.15) is 12.0 Å². The van der Waals surface area contributed by atoms with Crippen LogP contribution in [0.2, 0.25) is 0 Å². The van der Waals surface area contributed by atoms with Crippen LogP contribution in [0.4, 0.5) is 8.78 Å². The van der Waals surface area contributed by atoms with Crippen molar-refractivity contribution < 1.29 is 13.9 Å². The summed E-state index contributed by atoms with van der Waals surface area (Å²) in [6.45, 7) is 3.66. The van der Waals surface area contributed by atoms with E-state index in [4.69, 9.17) is 0 Å². The summed E-state index contributed by atoms with van der Waals surface area (Å²) < 4.78 is 26.3. The third-order valence-electron chi connectivity index (χ3n) is 2.51. The van der Waals surface area contributed by atoms with E-state index in [2.05, 4.69) is 25.9 Å². The fourth-order valence-electron chi connectivity index (χ4n) is 1.32. The van der Waals surface area contributed by atoms with E-state index in [9.17, 15) is 13.9 Å². The van der Waals surface area contributed by atoms with Crippen LogP contribution in [-0.2, 0) is 4.83 Å². The highest BCUT2D eigenvalue weighted by atomic mass is 79.9. The Morgan fingerprint density at radius 2 is 2.19 bits per heavy atom. The van der Waals surface area contributed by atoms with Gasteiger partial charge in [0.15, 0.2) is 0 Å². The summed E-state index contributed by atoms with van der Waals surface area (Å²) in [7, 11) is 0. The average Bonchev–Trinajstić information content (AvgIpc) is 2.26. The molecule has 2 atom stereocenters. The summed E-state index contributed by atoms with van der Waals surface area (Å²) >= 11 is 2.24. The van der Waals surface area contributed by atoms with Crippen LogP contribution < -0.4 is 0 Å². The first-order valence-corrected chi connectivity index (χ1v) is 5.72. The number of aliphatic hydroxyl groups excluding tert-OH is 1. The van der Waals surface area contributed by atoms with Crippen LogP contribution in [0.3, 0.4) is 0 Å². The Labute approximate surface area is 101 Å². The van der Waals surface area contributed by atoms with Crippen LogP contribution in [0.1, 0.15) is 37.6 Å². The second-order valence-electron chi connectivity index (χ2n) is 3.65. The summed E-state index contributed by atoms with van der Waals surface area (Å²) in [5.41, 5.74) is -0.408. The zero-order valence-electron chi connectivity index (χ0n) is 8.99. The lowest BCUT2D eigenvalue weighted by Crippen LogP contribution is -2.17. The number of nitrogens with zero attached hydrogens (tertiary/aromatic N) is 2. The standard InChI is InChI=1S/C10H13BrF2N2O/c1-3-6(2)8(16)7-4-14-5-15-9(7)10(11,12)13/h4-6,8,16H,3H2,1-2H3. The molecule has 1 aromatic rings. The minimum atomic E-state index is -3.25. The molecule has 0 spiro atoms. The fourth-order valence-corrected chi connectivity index (χ4v) is 1.65. The highest BCUT2D eigenvalue weighted by Crippen LogP contribution is 2.38. The number of alkyl halides is 3. The molecule has 1 aromatic heterocycles. The second kappa shape index (κ2) is 5.14. The van der Waals surface area contributed by atoms with Crippen LogP contribution in [0.25, 0.3) is 0 Å². The Bertz CT molecular complexity index is 357. The SMILES string of the molecule is CCC(C)C(O)c1cncnc1C(F)(F)Br. The second-order valence-corrected chi connectivity index (χ2v) is 4.65. The van der Waals surface area contributed by atoms with Gasteiger partial charge in [-0.3, -0.25) is 0 Å². The first kappa shape index (κ1) is 13.4. The van der Waals surface area contributed by atoms with Crippen LogP contribution in [0.5, 0.6) is 0 Å². The first-order valence-electron chi connectivity index (χ1n) is 4.93. The Kier molecular flexibility index (Phi) is 4.32. The van der Waals surface area contributed by atoms with Crippen LogP contribution in [0, 0.1) is 5.92 Å². The molecule has 0 aliphatic heterocycles. The van der Waals surface area contributed by atoms with Gasteiger partial charge in [0.25, 0.3) is 0 Å². The lowest BCUT2D eigenvalue weighted by atomic mass is 9.95. The van der Waals surface area contributed by atoms with Crippen molar-refractivity contribution in [2.45, 2.75) is 31.2 Å². The maximum absolute atomic E-state index is 13.2. The van der Waals surface area contributed by atoms with Gasteiger partial charge in [0.2, 0.25) is 0 Å². The summed E-state index contributed by atoms with van der Waals surface area (Å²) in [5, 5.41) is 9.90. The molecule has 0 saturated carbocycles. The molecule has 3 nitrogen and oxygen atoms in total. The molecule has 0 bridgehead atoms. The van der Waals surface area contributed by atoms with E-state index in [-0.39, 0.29) is 11.5 Å². The molecular formula is C10H13BrF2N2O. The molecule has 6 heteroatoms. The molecule has 90 valence electrons. The summed E-state index contributed by atoms with van der Waals surface area (Å²) in [4.78, 5) is 3.94. The Balaban J connectivity index is 3.13. The molecule has 16 heavy (non-hydrogen) atoms. The lowest BCUT2D eigenvalue weighted by molar-refractivity contribution is 0.0855. The van der Waals surface area contributed by atoms with Crippen molar-refractivity contribution in [2.75, 3.05) is 0 Å². The molecular weight excluding hydrogens is 282 g/mol. The Morgan fingerprint density at radius 3 is 2.69 bits per heavy atom. The Hall–Kier alpha value is -0.620. The molecule has 0 radical (unpaired) electrons. The smallest absolute Gasteiger partial charge is 0.343 e. The van der Waals surface area contributed by atoms with Crippen molar-refractivity contribution in [3.05, 3.63) is 23.8 Å². The number of halogens is 3. The fraction of sp³-hybridized carbons (Fsp3) is 0.600. The minimum absolute atomic E-state index is 0.0683. The van der Waals surface area contributed by atoms with Crippen molar-refractivity contribution in [1.82, 2.24) is 9.97 Å². The summed E-state index contributed by atoms with van der Waals surface area (Å²) in [5.74, 6) is -0.125. The van der Waals surface area contributed by atoms with E-state index in [1.807, 2.05) is 6.92 Å². The molecule has 0 aliphatic carbocycles. The van der Waals surface area contributed by atoms with Gasteiger partial charge in [-0.05, 0) is 21.8 Å². The van der Waals surface area contributed by atoms with Gasteiger partial charge in [-0.15, -0.1) is 0 Å². The molecule has 0 fully saturated rings. The minimum Gasteiger partial charge on any atom is -0.388 e. The van der Waals surface area contributed by atoms with Gasteiger partial charge in [-0.25, -0.2) is 9.97 Å². The molecule has 0 aromatic carbocycles. The van der Waals surface area contributed by atoms with E-state index < -0.39 is 16.6 Å². The van der Waals surface area contributed by atoms with Gasteiger partial charge in [-0.2, -0.15) is 8.78 Å². The van der Waals surface area contributed by atoms with Gasteiger partial charge in [0.05, 0.1) is 6.10 Å². The highest BCUT2D eigenvalue weighted by molar-refractivity contribution is 9.09. The number of rotatable bonds is 4. The highest BCUT2D eigenvalue weighted by Gasteiger charge is 2.34. The third kappa shape index (κ3) is 2.95. The van der Waals surface area contributed by atoms with Crippen molar-refractivity contribution in [1.29, 1.82) is 0 Å². The number of aromatic nitrogens is 2. The van der Waals surface area contributed by atoms with Crippen molar-refractivity contribution in [3.63, 3.8) is 0 Å². The molecule has 0 aliphatic rings. The van der Waals surface area contributed by atoms with E-state index in [1.54, 1.807) is 6.92 Å². The predicted octanol–water partition coefficient (Wildman–Crippen LogP) is 3.00. The van der Waals surface area contributed by atoms with Gasteiger partial charge in [0, 0.05) is 11.8 Å². The van der Waals surface area contributed by atoms with Crippen LogP contribution in [-0.4, -0.2) is 15.1 Å². The maximum atomic E-state index is 13.2. The van der Waals surface area contributed by atoms with Crippen LogP contribution in [0.15, 0.2) is 12.5 Å². The van der Waals surface area contributed by atoms with E-state index in [0.29, 0.717) is 6.42 Å². The van der Waals surface area contributed by atoms with E-state index in [0.717, 1.165) is 6.33 Å². The number of hydrogen-bond acceptors (Lipinski definition) is 3. The topological polar surface area (TPSA) is 46.0 Å². The Morgan fingerprint density at radius 1 is 1.56 bits per heavy atom. The normalized spacial score (nSPS) is 15.9. The van der Waals surface area contributed by atoms with Crippen LogP contribution >= 0.6 is 15.9 Å². The predicted molar refractivity (Wildman–Crippen MR) is 59.3 cm³/mol. The molecule has 1 heterocycles. The van der Waals surface area contributed by atoms with Gasteiger partial charge in [-0.1, -0.05) is 20.3 Å². The van der Waals surface area contributed by atoms with E-state index >= 15 is 0 Å². The average molecular weight is 295 g/mol. The third-order valence-corrected chi connectivity index (χ3v) is 2.89. The van der Waals surface area contributed by atoms with Crippen molar-refractivity contribution in [3.8, 4) is 0 Å². The largest absolute Gasteiger partial charge is 0.388 e. The van der Waals surface area contributed by atoms with Crippen molar-refractivity contribution >= 4 is 15.9 Å². The zero-order chi connectivity index (χ0) is 12.3. The quantitative estimate of drug-likeness (QED) is 0.869. The van der Waals surface area contributed by atoms with Crippen molar-refractivity contribution in [2.24, 2.45) is 5.92 Å². The number of hydrogen-bond donors (Lipinski definition) is 1. The molecule has 1 N–H and O–H groups in total. The van der Waals surface area contributed by atoms with E-state index in [1.165, 1.54) is 6.20 Å². The zero-order valence-corrected chi connectivity index (χ0v) is 10.6. The maximum Gasteiger partial charge on any atom is 0.343 e. The molecule has 2 unspecified atom stereocenters. The van der Waals surface area contributed by atoms with Gasteiger partial charge < -0.3 is 5.11 Å². The summed E-state index contributed by atoms with van der Waals surface area (Å²) in [6.07, 6.45) is 1.97. The number of aliphatic hydroxyl groups is 1. The molecule has 0 amide bonds. The monoisotopic (exact) mass is 294 g/mol. The molecule has 1 rings (SSSR count). The summed E-state index contributed by atoms with van der Waals surface area (Å²) in [6, 6.07) is 0.